The highest BCUT2D eigenvalue weighted by molar-refractivity contribution is 7.90. The summed E-state index contributed by atoms with van der Waals surface area (Å²) in [6, 6.07) is 9.04. The number of sulfone groups is 1. The molecule has 118 valence electrons. The summed E-state index contributed by atoms with van der Waals surface area (Å²) >= 11 is 0. The summed E-state index contributed by atoms with van der Waals surface area (Å²) in [5.41, 5.74) is 0.473. The molecule has 0 amide bonds. The summed E-state index contributed by atoms with van der Waals surface area (Å²) < 4.78 is 52.6. The predicted octanol–water partition coefficient (Wildman–Crippen LogP) is 1.87. The van der Waals surface area contributed by atoms with E-state index in [0.717, 1.165) is 18.4 Å². The molecule has 0 aliphatic rings. The van der Waals surface area contributed by atoms with E-state index in [1.165, 1.54) is 30.3 Å². The summed E-state index contributed by atoms with van der Waals surface area (Å²) in [6.07, 6.45) is 0.994. The molecule has 8 heteroatoms. The molecule has 0 aliphatic heterocycles. The number of aryl methyl sites for hydroxylation is 1. The van der Waals surface area contributed by atoms with Crippen molar-refractivity contribution in [3.63, 3.8) is 0 Å². The Bertz CT molecular complexity index is 914. The fourth-order valence-electron chi connectivity index (χ4n) is 1.78. The number of hydrogen-bond acceptors (Lipinski definition) is 6. The van der Waals surface area contributed by atoms with E-state index in [4.69, 9.17) is 4.18 Å². The van der Waals surface area contributed by atoms with Crippen LogP contribution in [0.5, 0.6) is 11.5 Å². The van der Waals surface area contributed by atoms with Crippen molar-refractivity contribution in [2.24, 2.45) is 0 Å². The van der Waals surface area contributed by atoms with Gasteiger partial charge in [-0.1, -0.05) is 6.07 Å². The van der Waals surface area contributed by atoms with Gasteiger partial charge in [0.05, 0.1) is 4.90 Å². The van der Waals surface area contributed by atoms with Crippen LogP contribution in [0.15, 0.2) is 52.3 Å². The first kappa shape index (κ1) is 16.3. The minimum Gasteiger partial charge on any atom is -0.508 e. The fourth-order valence-corrected chi connectivity index (χ4v) is 3.65. The van der Waals surface area contributed by atoms with Crippen molar-refractivity contribution in [3.05, 3.63) is 48.0 Å². The monoisotopic (exact) mass is 342 g/mol. The van der Waals surface area contributed by atoms with E-state index in [1.807, 2.05) is 0 Å². The zero-order valence-corrected chi connectivity index (χ0v) is 13.5. The zero-order chi connectivity index (χ0) is 16.5. The first-order valence-electron chi connectivity index (χ1n) is 6.13. The number of benzene rings is 2. The van der Waals surface area contributed by atoms with Crippen molar-refractivity contribution in [2.75, 3.05) is 6.26 Å². The number of phenolic OH excluding ortho intramolecular Hbond substituents is 1. The molecule has 22 heavy (non-hydrogen) atoms. The van der Waals surface area contributed by atoms with E-state index in [-0.39, 0.29) is 21.3 Å². The van der Waals surface area contributed by atoms with Crippen molar-refractivity contribution >= 4 is 20.0 Å². The van der Waals surface area contributed by atoms with Crippen LogP contribution in [0.25, 0.3) is 0 Å². The van der Waals surface area contributed by atoms with Crippen molar-refractivity contribution in [1.82, 2.24) is 0 Å². The number of hydrogen-bond donors (Lipinski definition) is 1. The van der Waals surface area contributed by atoms with Crippen LogP contribution in [0.1, 0.15) is 5.56 Å². The van der Waals surface area contributed by atoms with Gasteiger partial charge in [-0.2, -0.15) is 8.42 Å². The molecule has 1 N–H and O–H groups in total. The molecule has 2 rings (SSSR count). The van der Waals surface area contributed by atoms with Gasteiger partial charge in [-0.25, -0.2) is 8.42 Å². The maximum atomic E-state index is 12.2. The Labute approximate surface area is 129 Å². The third-order valence-corrected chi connectivity index (χ3v) is 5.08. The first-order valence-corrected chi connectivity index (χ1v) is 9.43. The third kappa shape index (κ3) is 3.77. The van der Waals surface area contributed by atoms with Crippen LogP contribution in [0.2, 0.25) is 0 Å². The fraction of sp³-hybridized carbons (Fsp3) is 0.143. The molecule has 0 heterocycles. The van der Waals surface area contributed by atoms with Crippen molar-refractivity contribution < 1.29 is 26.1 Å². The van der Waals surface area contributed by atoms with Gasteiger partial charge in [0, 0.05) is 12.3 Å². The highest BCUT2D eigenvalue weighted by Gasteiger charge is 2.20. The molecule has 0 unspecified atom stereocenters. The minimum absolute atomic E-state index is 0.0672. The minimum atomic E-state index is -4.21. The Morgan fingerprint density at radius 2 is 1.59 bits per heavy atom. The number of aromatic hydroxyl groups is 1. The lowest BCUT2D eigenvalue weighted by Gasteiger charge is -2.09. The van der Waals surface area contributed by atoms with Crippen LogP contribution in [-0.4, -0.2) is 28.2 Å². The molecular weight excluding hydrogens is 328 g/mol. The van der Waals surface area contributed by atoms with Gasteiger partial charge in [0.2, 0.25) is 0 Å². The molecule has 0 fully saturated rings. The number of rotatable bonds is 4. The molecular formula is C14H14O6S2. The Morgan fingerprint density at radius 3 is 2.18 bits per heavy atom. The lowest BCUT2D eigenvalue weighted by atomic mass is 10.2. The van der Waals surface area contributed by atoms with E-state index in [0.29, 0.717) is 5.56 Å². The van der Waals surface area contributed by atoms with Gasteiger partial charge >= 0.3 is 10.1 Å². The molecule has 0 aromatic heterocycles. The van der Waals surface area contributed by atoms with Crippen LogP contribution < -0.4 is 4.18 Å². The van der Waals surface area contributed by atoms with E-state index >= 15 is 0 Å². The molecule has 0 spiro atoms. The van der Waals surface area contributed by atoms with E-state index in [1.54, 1.807) is 6.92 Å². The van der Waals surface area contributed by atoms with Crippen LogP contribution in [-0.2, 0) is 20.0 Å². The quantitative estimate of drug-likeness (QED) is 0.852. The second-order valence-corrected chi connectivity index (χ2v) is 8.35. The molecule has 2 aromatic rings. The van der Waals surface area contributed by atoms with Gasteiger partial charge in [-0.3, -0.25) is 0 Å². The molecule has 0 bridgehead atoms. The van der Waals surface area contributed by atoms with E-state index in [2.05, 4.69) is 0 Å². The lowest BCUT2D eigenvalue weighted by molar-refractivity contribution is 0.463. The standard InChI is InChI=1S/C14H14O6S2/c1-10-6-13(21(2,16)17)9-14(7-10)22(18,19)20-12-5-3-4-11(15)8-12/h3-9,15H,1-2H3. The highest BCUT2D eigenvalue weighted by atomic mass is 32.2. The molecule has 6 nitrogen and oxygen atoms in total. The smallest absolute Gasteiger partial charge is 0.339 e. The Hall–Kier alpha value is -2.06. The molecule has 0 saturated heterocycles. The average Bonchev–Trinajstić information content (AvgIpc) is 2.36. The largest absolute Gasteiger partial charge is 0.508 e. The second-order valence-electron chi connectivity index (χ2n) is 4.79. The van der Waals surface area contributed by atoms with Gasteiger partial charge in [0.25, 0.3) is 0 Å². The van der Waals surface area contributed by atoms with Crippen LogP contribution in [0, 0.1) is 6.92 Å². The molecule has 0 atom stereocenters. The highest BCUT2D eigenvalue weighted by Crippen LogP contribution is 2.24. The second kappa shape index (κ2) is 5.62. The molecule has 2 aromatic carbocycles. The Kier molecular flexibility index (Phi) is 4.17. The predicted molar refractivity (Wildman–Crippen MR) is 80.2 cm³/mol. The molecule has 0 aliphatic carbocycles. The van der Waals surface area contributed by atoms with E-state index < -0.39 is 20.0 Å². The van der Waals surface area contributed by atoms with E-state index in [9.17, 15) is 21.9 Å². The topological polar surface area (TPSA) is 97.7 Å². The number of phenols is 1. The van der Waals surface area contributed by atoms with Gasteiger partial charge in [-0.15, -0.1) is 0 Å². The summed E-state index contributed by atoms with van der Waals surface area (Å²) in [7, 11) is -7.76. The van der Waals surface area contributed by atoms with Crippen molar-refractivity contribution in [1.29, 1.82) is 0 Å². The molecule has 0 saturated carbocycles. The zero-order valence-electron chi connectivity index (χ0n) is 11.8. The Morgan fingerprint density at radius 1 is 0.955 bits per heavy atom. The lowest BCUT2D eigenvalue weighted by Crippen LogP contribution is -2.11. The maximum absolute atomic E-state index is 12.2. The normalized spacial score (nSPS) is 12.1. The van der Waals surface area contributed by atoms with Crippen LogP contribution >= 0.6 is 0 Å². The summed E-state index contributed by atoms with van der Waals surface area (Å²) in [5, 5.41) is 9.32. The van der Waals surface area contributed by atoms with Crippen molar-refractivity contribution in [2.45, 2.75) is 16.7 Å². The van der Waals surface area contributed by atoms with Crippen molar-refractivity contribution in [3.8, 4) is 11.5 Å². The van der Waals surface area contributed by atoms with Gasteiger partial charge < -0.3 is 9.29 Å². The van der Waals surface area contributed by atoms with Crippen LogP contribution in [0.3, 0.4) is 0 Å². The van der Waals surface area contributed by atoms with Gasteiger partial charge in [0.1, 0.15) is 16.4 Å². The summed E-state index contributed by atoms with van der Waals surface area (Å²) in [5.74, 6) is -0.212. The van der Waals surface area contributed by atoms with Crippen LogP contribution in [0.4, 0.5) is 0 Å². The first-order chi connectivity index (χ1) is 10.1. The summed E-state index contributed by atoms with van der Waals surface area (Å²) in [4.78, 5) is -0.373. The van der Waals surface area contributed by atoms with Gasteiger partial charge in [-0.05, 0) is 42.8 Å². The molecule has 0 radical (unpaired) electrons. The Balaban J connectivity index is 2.48. The summed E-state index contributed by atoms with van der Waals surface area (Å²) in [6.45, 7) is 1.59. The maximum Gasteiger partial charge on any atom is 0.339 e. The SMILES string of the molecule is Cc1cc(S(C)(=O)=O)cc(S(=O)(=O)Oc2cccc(O)c2)c1. The van der Waals surface area contributed by atoms with Gasteiger partial charge in [0.15, 0.2) is 9.84 Å². The third-order valence-electron chi connectivity index (χ3n) is 2.76. The average molecular weight is 342 g/mol.